The van der Waals surface area contributed by atoms with E-state index in [9.17, 15) is 13.2 Å². The molecule has 0 aliphatic heterocycles. The fraction of sp³-hybridized carbons (Fsp3) is 0.250. The molecule has 0 aliphatic rings. The number of pyridine rings is 1. The Labute approximate surface area is 146 Å². The predicted octanol–water partition coefficient (Wildman–Crippen LogP) is 2.21. The SMILES string of the molecule is C[C@H](C(=O)NCc1ccncc1)N(c1ccc(Cl)cc1)S(C)(=O)=O. The number of amides is 1. The van der Waals surface area contributed by atoms with Gasteiger partial charge in [0.1, 0.15) is 6.04 Å². The fourth-order valence-electron chi connectivity index (χ4n) is 2.23. The van der Waals surface area contributed by atoms with Crippen molar-refractivity contribution in [1.29, 1.82) is 0 Å². The van der Waals surface area contributed by atoms with Crippen LogP contribution in [0, 0.1) is 0 Å². The molecule has 6 nitrogen and oxygen atoms in total. The number of nitrogens with zero attached hydrogens (tertiary/aromatic N) is 2. The Bertz CT molecular complexity index is 795. The van der Waals surface area contributed by atoms with Crippen molar-refractivity contribution in [3.63, 3.8) is 0 Å². The third-order valence-electron chi connectivity index (χ3n) is 3.39. The summed E-state index contributed by atoms with van der Waals surface area (Å²) in [5.74, 6) is -0.396. The Morgan fingerprint density at radius 3 is 2.33 bits per heavy atom. The minimum Gasteiger partial charge on any atom is -0.350 e. The number of benzene rings is 1. The number of nitrogens with one attached hydrogen (secondary N) is 1. The van der Waals surface area contributed by atoms with Crippen LogP contribution >= 0.6 is 11.6 Å². The highest BCUT2D eigenvalue weighted by Gasteiger charge is 2.28. The van der Waals surface area contributed by atoms with E-state index in [2.05, 4.69) is 10.3 Å². The quantitative estimate of drug-likeness (QED) is 0.848. The molecule has 2 aromatic rings. The molecule has 1 amide bonds. The molecule has 0 saturated heterocycles. The van der Waals surface area contributed by atoms with Gasteiger partial charge in [-0.05, 0) is 48.9 Å². The number of rotatable bonds is 6. The van der Waals surface area contributed by atoms with E-state index in [0.717, 1.165) is 16.1 Å². The zero-order valence-corrected chi connectivity index (χ0v) is 14.9. The number of hydrogen-bond acceptors (Lipinski definition) is 4. The molecule has 2 rings (SSSR count). The van der Waals surface area contributed by atoms with Crippen molar-refractivity contribution < 1.29 is 13.2 Å². The monoisotopic (exact) mass is 367 g/mol. The van der Waals surface area contributed by atoms with Crippen molar-refractivity contribution >= 4 is 33.2 Å². The second kappa shape index (κ2) is 7.63. The number of halogens is 1. The lowest BCUT2D eigenvalue weighted by Crippen LogP contribution is -2.47. The number of hydrogen-bond donors (Lipinski definition) is 1. The summed E-state index contributed by atoms with van der Waals surface area (Å²) in [4.78, 5) is 16.3. The average Bonchev–Trinajstić information content (AvgIpc) is 2.54. The smallest absolute Gasteiger partial charge is 0.243 e. The van der Waals surface area contributed by atoms with E-state index in [4.69, 9.17) is 11.6 Å². The summed E-state index contributed by atoms with van der Waals surface area (Å²) in [6.07, 6.45) is 4.32. The zero-order valence-electron chi connectivity index (χ0n) is 13.3. The summed E-state index contributed by atoms with van der Waals surface area (Å²) in [5, 5.41) is 3.22. The van der Waals surface area contributed by atoms with Gasteiger partial charge in [0.15, 0.2) is 0 Å². The van der Waals surface area contributed by atoms with Gasteiger partial charge >= 0.3 is 0 Å². The van der Waals surface area contributed by atoms with E-state index in [1.54, 1.807) is 48.8 Å². The van der Waals surface area contributed by atoms with E-state index >= 15 is 0 Å². The summed E-state index contributed by atoms with van der Waals surface area (Å²) in [6, 6.07) is 8.94. The Balaban J connectivity index is 2.17. The summed E-state index contributed by atoms with van der Waals surface area (Å²) in [7, 11) is -3.64. The number of carbonyl (C=O) groups excluding carboxylic acids is 1. The minimum atomic E-state index is -3.64. The molecule has 1 aromatic carbocycles. The van der Waals surface area contributed by atoms with Gasteiger partial charge in [-0.25, -0.2) is 8.42 Å². The van der Waals surface area contributed by atoms with Crippen molar-refractivity contribution in [2.24, 2.45) is 0 Å². The third-order valence-corrected chi connectivity index (χ3v) is 4.88. The van der Waals surface area contributed by atoms with Crippen molar-refractivity contribution in [2.45, 2.75) is 19.5 Å². The Hall–Kier alpha value is -2.12. The highest BCUT2D eigenvalue weighted by molar-refractivity contribution is 7.92. The Morgan fingerprint density at radius 1 is 1.21 bits per heavy atom. The zero-order chi connectivity index (χ0) is 17.7. The molecular formula is C16H18ClN3O3S. The number of sulfonamides is 1. The lowest BCUT2D eigenvalue weighted by Gasteiger charge is -2.28. The summed E-state index contributed by atoms with van der Waals surface area (Å²) < 4.78 is 25.4. The molecule has 1 heterocycles. The maximum atomic E-state index is 12.4. The van der Waals surface area contributed by atoms with Crippen LogP contribution < -0.4 is 9.62 Å². The first-order valence-electron chi connectivity index (χ1n) is 7.20. The summed E-state index contributed by atoms with van der Waals surface area (Å²) >= 11 is 5.84. The van der Waals surface area contributed by atoms with Crippen molar-refractivity contribution in [3.05, 3.63) is 59.4 Å². The van der Waals surface area contributed by atoms with Gasteiger partial charge in [0.25, 0.3) is 0 Å². The molecule has 24 heavy (non-hydrogen) atoms. The molecule has 8 heteroatoms. The van der Waals surface area contributed by atoms with Crippen molar-refractivity contribution in [2.75, 3.05) is 10.6 Å². The molecular weight excluding hydrogens is 350 g/mol. The molecule has 1 aromatic heterocycles. The number of carbonyl (C=O) groups is 1. The molecule has 0 spiro atoms. The van der Waals surface area contributed by atoms with Gasteiger partial charge < -0.3 is 5.32 Å². The van der Waals surface area contributed by atoms with Crippen molar-refractivity contribution in [3.8, 4) is 0 Å². The van der Waals surface area contributed by atoms with Crippen LogP contribution in [0.1, 0.15) is 12.5 Å². The molecule has 0 bridgehead atoms. The van der Waals surface area contributed by atoms with Gasteiger partial charge in [0.2, 0.25) is 15.9 Å². The third kappa shape index (κ3) is 4.69. The van der Waals surface area contributed by atoms with Crippen LogP contribution in [0.4, 0.5) is 5.69 Å². The Kier molecular flexibility index (Phi) is 5.80. The van der Waals surface area contributed by atoms with Crippen LogP contribution in [-0.2, 0) is 21.4 Å². The normalized spacial score (nSPS) is 12.5. The van der Waals surface area contributed by atoms with Crippen molar-refractivity contribution in [1.82, 2.24) is 10.3 Å². The minimum absolute atomic E-state index is 0.296. The van der Waals surface area contributed by atoms with Crippen LogP contribution in [0.15, 0.2) is 48.8 Å². The summed E-state index contributed by atoms with van der Waals surface area (Å²) in [5.41, 5.74) is 1.26. The Morgan fingerprint density at radius 2 is 1.79 bits per heavy atom. The molecule has 0 radical (unpaired) electrons. The van der Waals surface area contributed by atoms with Gasteiger partial charge in [0.05, 0.1) is 11.9 Å². The molecule has 1 N–H and O–H groups in total. The maximum Gasteiger partial charge on any atom is 0.243 e. The molecule has 1 atom stereocenters. The van der Waals surface area contributed by atoms with Gasteiger partial charge in [0, 0.05) is 24.0 Å². The van der Waals surface area contributed by atoms with E-state index in [0.29, 0.717) is 17.3 Å². The maximum absolute atomic E-state index is 12.4. The van der Waals surface area contributed by atoms with E-state index < -0.39 is 22.0 Å². The average molecular weight is 368 g/mol. The lowest BCUT2D eigenvalue weighted by atomic mass is 10.2. The largest absolute Gasteiger partial charge is 0.350 e. The molecule has 0 saturated carbocycles. The molecule has 0 aliphatic carbocycles. The second-order valence-corrected chi connectivity index (χ2v) is 7.58. The highest BCUT2D eigenvalue weighted by atomic mass is 35.5. The molecule has 128 valence electrons. The van der Waals surface area contributed by atoms with Gasteiger partial charge in [-0.3, -0.25) is 14.1 Å². The van der Waals surface area contributed by atoms with Crippen LogP contribution in [0.25, 0.3) is 0 Å². The first-order valence-corrected chi connectivity index (χ1v) is 9.43. The van der Waals surface area contributed by atoms with Crippen LogP contribution in [0.3, 0.4) is 0 Å². The molecule has 0 fully saturated rings. The summed E-state index contributed by atoms with van der Waals surface area (Å²) in [6.45, 7) is 1.83. The fourth-order valence-corrected chi connectivity index (χ4v) is 3.54. The number of anilines is 1. The number of aromatic nitrogens is 1. The topological polar surface area (TPSA) is 79.4 Å². The van der Waals surface area contributed by atoms with Crippen LogP contribution in [-0.4, -0.2) is 31.6 Å². The van der Waals surface area contributed by atoms with Gasteiger partial charge in [-0.15, -0.1) is 0 Å². The van der Waals surface area contributed by atoms with E-state index in [-0.39, 0.29) is 0 Å². The van der Waals surface area contributed by atoms with Gasteiger partial charge in [-0.2, -0.15) is 0 Å². The standard InChI is InChI=1S/C16H18ClN3O3S/c1-12(16(21)19-11-13-7-9-18-10-8-13)20(24(2,22)23)15-5-3-14(17)4-6-15/h3-10,12H,11H2,1-2H3,(H,19,21)/t12-/m1/s1. The van der Waals surface area contributed by atoms with Gasteiger partial charge in [-0.1, -0.05) is 11.6 Å². The first kappa shape index (κ1) is 18.2. The van der Waals surface area contributed by atoms with Crippen LogP contribution in [0.5, 0.6) is 0 Å². The predicted molar refractivity (Wildman–Crippen MR) is 94.3 cm³/mol. The van der Waals surface area contributed by atoms with E-state index in [1.807, 2.05) is 0 Å². The molecule has 0 unspecified atom stereocenters. The highest BCUT2D eigenvalue weighted by Crippen LogP contribution is 2.23. The van der Waals surface area contributed by atoms with E-state index in [1.165, 1.54) is 6.92 Å². The second-order valence-electron chi connectivity index (χ2n) is 5.28. The lowest BCUT2D eigenvalue weighted by molar-refractivity contribution is -0.122. The first-order chi connectivity index (χ1) is 11.3. The van der Waals surface area contributed by atoms with Crippen LogP contribution in [0.2, 0.25) is 5.02 Å².